The van der Waals surface area contributed by atoms with Crippen LogP contribution in [0.1, 0.15) is 5.56 Å². The van der Waals surface area contributed by atoms with Gasteiger partial charge in [0, 0.05) is 63.3 Å². The molecule has 7 heteroatoms. The van der Waals surface area contributed by atoms with E-state index in [1.165, 1.54) is 14.8 Å². The van der Waals surface area contributed by atoms with E-state index in [4.69, 9.17) is 0 Å². The van der Waals surface area contributed by atoms with Crippen LogP contribution in [0.3, 0.4) is 0 Å². The van der Waals surface area contributed by atoms with Crippen LogP contribution in [0, 0.1) is 17.9 Å². The van der Waals surface area contributed by atoms with E-state index in [1.807, 2.05) is 0 Å². The van der Waals surface area contributed by atoms with Gasteiger partial charge in [-0.2, -0.15) is 5.26 Å². The van der Waals surface area contributed by atoms with E-state index >= 15 is 0 Å². The third-order valence-corrected chi connectivity index (χ3v) is 15.5. The number of para-hydroxylation sites is 7. The fourth-order valence-corrected chi connectivity index (χ4v) is 12.8. The van der Waals surface area contributed by atoms with Gasteiger partial charge in [-0.1, -0.05) is 146 Å². The van der Waals surface area contributed by atoms with E-state index in [9.17, 15) is 11.8 Å². The fraction of sp³-hybridized carbons (Fsp3) is 0. The first-order chi connectivity index (χ1) is 34.2. The Morgan fingerprint density at radius 2 is 0.667 bits per heavy atom. The van der Waals surface area contributed by atoms with Gasteiger partial charge in [0.15, 0.2) is 0 Å². The van der Waals surface area contributed by atoms with Crippen LogP contribution in [0.4, 0.5) is 5.69 Å². The van der Waals surface area contributed by atoms with Gasteiger partial charge in [0.1, 0.15) is 0 Å². The molecule has 5 aromatic heterocycles. The summed E-state index contributed by atoms with van der Waals surface area (Å²) in [7, 11) is 0. The molecule has 15 rings (SSSR count). The molecular weight excluding hydrogens is 861 g/mol. The summed E-state index contributed by atoms with van der Waals surface area (Å²) < 4.78 is 11.7. The zero-order valence-electron chi connectivity index (χ0n) is 36.7. The fourth-order valence-electron chi connectivity index (χ4n) is 11.7. The molecule has 15 aromatic rings. The van der Waals surface area contributed by atoms with Crippen LogP contribution in [0.15, 0.2) is 206 Å². The number of hydrogen-bond acceptors (Lipinski definition) is 2. The number of hydrogen-bond donors (Lipinski definition) is 0. The summed E-state index contributed by atoms with van der Waals surface area (Å²) in [4.78, 5) is 4.57. The number of rotatable bonds is 4. The maximum absolute atomic E-state index is 12.2. The molecule has 318 valence electrons. The Kier molecular flexibility index (Phi) is 7.70. The van der Waals surface area contributed by atoms with E-state index in [1.54, 1.807) is 11.3 Å². The van der Waals surface area contributed by atoms with Crippen LogP contribution in [0.5, 0.6) is 0 Å². The van der Waals surface area contributed by atoms with Gasteiger partial charge >= 0.3 is 0 Å². The Bertz CT molecular complexity index is 4660. The second-order valence-corrected chi connectivity index (χ2v) is 18.9. The van der Waals surface area contributed by atoms with Crippen molar-refractivity contribution in [2.24, 2.45) is 0 Å². The first kappa shape index (κ1) is 37.8. The largest absolute Gasteiger partial charge is 0.317 e. The summed E-state index contributed by atoms with van der Waals surface area (Å²) in [6.07, 6.45) is 0. The lowest BCUT2D eigenvalue weighted by atomic mass is 10.0. The molecule has 0 unspecified atom stereocenters. The second-order valence-electron chi connectivity index (χ2n) is 17.8. The van der Waals surface area contributed by atoms with Crippen molar-refractivity contribution in [3.8, 4) is 28.8 Å². The predicted octanol–water partition coefficient (Wildman–Crippen LogP) is 16.9. The number of nitriles is 1. The maximum atomic E-state index is 12.2. The lowest BCUT2D eigenvalue weighted by molar-refractivity contribution is 1.02. The summed E-state index contributed by atoms with van der Waals surface area (Å²) in [5, 5.41) is 23.2. The highest BCUT2D eigenvalue weighted by molar-refractivity contribution is 7.25. The number of aromatic nitrogens is 4. The third kappa shape index (κ3) is 4.96. The Labute approximate surface area is 398 Å². The number of thiophene rings is 1. The van der Waals surface area contributed by atoms with E-state index in [2.05, 4.69) is 235 Å². The van der Waals surface area contributed by atoms with Crippen LogP contribution in [-0.2, 0) is 0 Å². The van der Waals surface area contributed by atoms with Crippen LogP contribution in [-0.4, -0.2) is 18.3 Å². The highest BCUT2D eigenvalue weighted by Gasteiger charge is 2.34. The molecule has 0 fully saturated rings. The number of nitrogens with zero attached hydrogens (tertiary/aromatic N) is 6. The van der Waals surface area contributed by atoms with Crippen molar-refractivity contribution in [3.05, 3.63) is 223 Å². The van der Waals surface area contributed by atoms with Crippen molar-refractivity contribution < 1.29 is 0 Å². The van der Waals surface area contributed by atoms with Crippen molar-refractivity contribution in [2.75, 3.05) is 0 Å². The quantitative estimate of drug-likeness (QED) is 0.162. The molecule has 0 aliphatic rings. The SMILES string of the molecule is [C-]#[N+]c1c(C#N)c(-n2c3ccccc3c3cc4sc5ccccc5c4cc32)c(-n2c3ccccc3c3ccccc32)c(-n2c3ccccc3c3ccccc32)c1-n1c2ccccc2c2ccccc21. The van der Waals surface area contributed by atoms with E-state index in [0.29, 0.717) is 16.9 Å². The third-order valence-electron chi connectivity index (χ3n) is 14.4. The van der Waals surface area contributed by atoms with E-state index in [-0.39, 0.29) is 5.69 Å². The zero-order valence-corrected chi connectivity index (χ0v) is 37.5. The molecule has 0 bridgehead atoms. The van der Waals surface area contributed by atoms with Crippen LogP contribution >= 0.6 is 11.3 Å². The molecular formula is C62H34N6S. The van der Waals surface area contributed by atoms with Crippen molar-refractivity contribution in [1.29, 1.82) is 5.26 Å². The Hall–Kier alpha value is -9.40. The molecule has 0 saturated carbocycles. The normalized spacial score (nSPS) is 12.0. The Morgan fingerprint density at radius 1 is 0.333 bits per heavy atom. The van der Waals surface area contributed by atoms with Crippen molar-refractivity contribution >= 4 is 124 Å². The Morgan fingerprint density at radius 3 is 1.07 bits per heavy atom. The first-order valence-electron chi connectivity index (χ1n) is 23.0. The van der Waals surface area contributed by atoms with Crippen molar-refractivity contribution in [2.45, 2.75) is 0 Å². The lowest BCUT2D eigenvalue weighted by Crippen LogP contribution is -2.15. The molecule has 5 heterocycles. The topological polar surface area (TPSA) is 47.9 Å². The van der Waals surface area contributed by atoms with Crippen LogP contribution < -0.4 is 0 Å². The molecule has 6 nitrogen and oxygen atoms in total. The number of fused-ring (bicyclic) bond motifs is 15. The first-order valence-corrected chi connectivity index (χ1v) is 23.9. The van der Waals surface area contributed by atoms with Gasteiger partial charge in [-0.05, 0) is 60.7 Å². The minimum absolute atomic E-state index is 0.272. The van der Waals surface area contributed by atoms with Crippen molar-refractivity contribution in [3.63, 3.8) is 0 Å². The predicted molar refractivity (Wildman–Crippen MR) is 288 cm³/mol. The van der Waals surface area contributed by atoms with Gasteiger partial charge in [0.2, 0.25) is 5.69 Å². The summed E-state index contributed by atoms with van der Waals surface area (Å²) in [5.74, 6) is 0. The smallest absolute Gasteiger partial charge is 0.232 e. The summed E-state index contributed by atoms with van der Waals surface area (Å²) in [5.41, 5.74) is 11.2. The van der Waals surface area contributed by atoms with Crippen molar-refractivity contribution in [1.82, 2.24) is 18.3 Å². The summed E-state index contributed by atoms with van der Waals surface area (Å²) in [6.45, 7) is 9.46. The molecule has 0 amide bonds. The van der Waals surface area contributed by atoms with Gasteiger partial charge in [-0.15, -0.1) is 11.3 Å². The Balaban J connectivity index is 1.29. The van der Waals surface area contributed by atoms with Gasteiger partial charge < -0.3 is 18.3 Å². The van der Waals surface area contributed by atoms with E-state index < -0.39 is 0 Å². The molecule has 0 atom stereocenters. The molecule has 69 heavy (non-hydrogen) atoms. The van der Waals surface area contributed by atoms with Gasteiger partial charge in [0.05, 0.1) is 85.1 Å². The minimum atomic E-state index is 0.272. The van der Waals surface area contributed by atoms with Gasteiger partial charge in [-0.25, -0.2) is 4.85 Å². The summed E-state index contributed by atoms with van der Waals surface area (Å²) >= 11 is 1.80. The zero-order chi connectivity index (χ0) is 45.5. The van der Waals surface area contributed by atoms with Crippen LogP contribution in [0.25, 0.3) is 135 Å². The minimum Gasteiger partial charge on any atom is -0.317 e. The molecule has 0 spiro atoms. The molecule has 10 aromatic carbocycles. The molecule has 0 aliphatic carbocycles. The van der Waals surface area contributed by atoms with Crippen LogP contribution in [0.2, 0.25) is 0 Å². The van der Waals surface area contributed by atoms with E-state index in [0.717, 1.165) is 104 Å². The number of benzene rings is 10. The van der Waals surface area contributed by atoms with Gasteiger partial charge in [-0.3, -0.25) is 0 Å². The average molecular weight is 895 g/mol. The van der Waals surface area contributed by atoms with Gasteiger partial charge in [0.25, 0.3) is 0 Å². The summed E-state index contributed by atoms with van der Waals surface area (Å²) in [6, 6.07) is 75.8. The molecule has 0 radical (unpaired) electrons. The average Bonchev–Trinajstić information content (AvgIpc) is 4.20. The highest BCUT2D eigenvalue weighted by atomic mass is 32.1. The monoisotopic (exact) mass is 894 g/mol. The molecule has 0 aliphatic heterocycles. The highest BCUT2D eigenvalue weighted by Crippen LogP contribution is 2.52. The maximum Gasteiger partial charge on any atom is 0.232 e. The standard InChI is InChI=1S/C62H34N6S/c1-64-58-47(36-63)59(68-54-32-16-8-24-43(54)45-35-57-46(34-55(45)68)44-25-9-17-33-56(44)69-57)61(66-50-28-12-4-20-39(50)40-21-5-13-29-51(40)66)62(67-52-30-14-6-22-41(52)42-23-7-15-31-53(42)67)60(58)65-48-26-10-2-18-37(48)38-19-3-11-27-49(38)65/h2-35H. The lowest BCUT2D eigenvalue weighted by Gasteiger charge is -2.28. The second kappa shape index (κ2) is 14.1. The molecule has 0 saturated heterocycles. The molecule has 0 N–H and O–H groups in total.